The molecular weight excluding hydrogens is 499 g/mol. The van der Waals surface area contributed by atoms with Gasteiger partial charge in [-0.15, -0.1) is 12.4 Å². The van der Waals surface area contributed by atoms with Gasteiger partial charge >= 0.3 is 0 Å². The second-order valence-corrected chi connectivity index (χ2v) is 10.5. The number of fused-ring (bicyclic) bond motifs is 1. The van der Waals surface area contributed by atoms with Gasteiger partial charge in [0.2, 0.25) is 5.91 Å². The van der Waals surface area contributed by atoms with E-state index in [4.69, 9.17) is 16.6 Å². The third kappa shape index (κ3) is 5.25. The van der Waals surface area contributed by atoms with E-state index in [0.29, 0.717) is 11.6 Å². The van der Waals surface area contributed by atoms with E-state index in [1.807, 2.05) is 41.7 Å². The molecule has 2 aromatic heterocycles. The number of hydrogen-bond donors (Lipinski definition) is 0. The first-order valence-corrected chi connectivity index (χ1v) is 13.2. The highest BCUT2D eigenvalue weighted by molar-refractivity contribution is 7.22. The zero-order chi connectivity index (χ0) is 23.5. The lowest BCUT2D eigenvalue weighted by Gasteiger charge is -2.34. The lowest BCUT2D eigenvalue weighted by Crippen LogP contribution is -2.46. The standard InChI is InChI=1S/C27H29ClN4OS.ClH/c1-2-20-6-11-23-24(18-20)34-26(30-23)32(16-5-15-31-17-14-29-19-31)25(33)27(12-3-4-13-27)21-7-9-22(28)10-8-21;/h6-11,14,17-19H,2-5,12-13,15-16H2,1H3;1H. The second kappa shape index (κ2) is 11.1. The Morgan fingerprint density at radius 2 is 1.94 bits per heavy atom. The summed E-state index contributed by atoms with van der Waals surface area (Å²) < 4.78 is 3.19. The molecule has 1 saturated carbocycles. The van der Waals surface area contributed by atoms with E-state index in [0.717, 1.165) is 66.0 Å². The first-order chi connectivity index (χ1) is 16.6. The zero-order valence-corrected chi connectivity index (χ0v) is 22.2. The van der Waals surface area contributed by atoms with Crippen LogP contribution in [0.2, 0.25) is 5.02 Å². The van der Waals surface area contributed by atoms with Crippen molar-refractivity contribution < 1.29 is 4.79 Å². The molecule has 1 fully saturated rings. The number of thiazole rings is 1. The van der Waals surface area contributed by atoms with Crippen LogP contribution < -0.4 is 4.90 Å². The van der Waals surface area contributed by atoms with Crippen molar-refractivity contribution >= 4 is 56.6 Å². The van der Waals surface area contributed by atoms with Crippen LogP contribution in [0.4, 0.5) is 5.13 Å². The Bertz CT molecular complexity index is 1260. The Morgan fingerprint density at radius 3 is 2.63 bits per heavy atom. The highest BCUT2D eigenvalue weighted by atomic mass is 35.5. The van der Waals surface area contributed by atoms with Crippen LogP contribution in [0.5, 0.6) is 0 Å². The normalized spacial score (nSPS) is 14.7. The van der Waals surface area contributed by atoms with Gasteiger partial charge in [-0.3, -0.25) is 9.69 Å². The van der Waals surface area contributed by atoms with Crippen LogP contribution in [0, 0.1) is 0 Å². The van der Waals surface area contributed by atoms with E-state index in [1.54, 1.807) is 17.5 Å². The molecule has 2 heterocycles. The molecule has 184 valence electrons. The van der Waals surface area contributed by atoms with Gasteiger partial charge in [0.25, 0.3) is 0 Å². The van der Waals surface area contributed by atoms with E-state index in [-0.39, 0.29) is 18.3 Å². The quantitative estimate of drug-likeness (QED) is 0.245. The monoisotopic (exact) mass is 528 g/mol. The lowest BCUT2D eigenvalue weighted by molar-refractivity contribution is -0.124. The van der Waals surface area contributed by atoms with E-state index >= 15 is 0 Å². The summed E-state index contributed by atoms with van der Waals surface area (Å²) in [4.78, 5) is 25.4. The average molecular weight is 530 g/mol. The fourth-order valence-corrected chi connectivity index (χ4v) is 6.22. The van der Waals surface area contributed by atoms with Gasteiger partial charge in [-0.1, -0.05) is 60.9 Å². The third-order valence-corrected chi connectivity index (χ3v) is 8.24. The Hall–Kier alpha value is -2.41. The second-order valence-electron chi connectivity index (χ2n) is 9.06. The minimum Gasteiger partial charge on any atom is -0.337 e. The summed E-state index contributed by atoms with van der Waals surface area (Å²) in [6, 6.07) is 14.3. The van der Waals surface area contributed by atoms with Gasteiger partial charge in [0, 0.05) is 30.5 Å². The van der Waals surface area contributed by atoms with E-state index < -0.39 is 5.41 Å². The molecule has 35 heavy (non-hydrogen) atoms. The minimum absolute atomic E-state index is 0. The molecule has 4 aromatic rings. The van der Waals surface area contributed by atoms with Crippen molar-refractivity contribution in [2.24, 2.45) is 0 Å². The SMILES string of the molecule is CCc1ccc2nc(N(CCCn3ccnc3)C(=O)C3(c4ccc(Cl)cc4)CCCC3)sc2c1.Cl. The van der Waals surface area contributed by atoms with Gasteiger partial charge in [0.1, 0.15) is 0 Å². The summed E-state index contributed by atoms with van der Waals surface area (Å²) in [5, 5.41) is 1.48. The molecule has 0 aliphatic heterocycles. The number of rotatable bonds is 8. The van der Waals surface area contributed by atoms with Gasteiger partial charge in [-0.2, -0.15) is 0 Å². The maximum atomic E-state index is 14.4. The van der Waals surface area contributed by atoms with Crippen molar-refractivity contribution in [1.82, 2.24) is 14.5 Å². The zero-order valence-electron chi connectivity index (χ0n) is 19.8. The number of halogens is 2. The summed E-state index contributed by atoms with van der Waals surface area (Å²) in [5.41, 5.74) is 2.78. The fourth-order valence-electron chi connectivity index (χ4n) is 5.04. The molecule has 1 aliphatic carbocycles. The maximum Gasteiger partial charge on any atom is 0.239 e. The number of aryl methyl sites for hydroxylation is 2. The fraction of sp³-hybridized carbons (Fsp3) is 0.370. The van der Waals surface area contributed by atoms with Gasteiger partial charge in [0.05, 0.1) is 22.0 Å². The van der Waals surface area contributed by atoms with E-state index in [2.05, 4.69) is 34.7 Å². The lowest BCUT2D eigenvalue weighted by atomic mass is 9.77. The van der Waals surface area contributed by atoms with Crippen LogP contribution >= 0.6 is 35.3 Å². The number of nitrogens with zero attached hydrogens (tertiary/aromatic N) is 4. The predicted octanol–water partition coefficient (Wildman–Crippen LogP) is 7.07. The highest BCUT2D eigenvalue weighted by Gasteiger charge is 2.45. The average Bonchev–Trinajstić information content (AvgIpc) is 3.62. The molecule has 0 saturated heterocycles. The molecule has 5 nitrogen and oxygen atoms in total. The van der Waals surface area contributed by atoms with Crippen LogP contribution in [-0.2, 0) is 23.2 Å². The topological polar surface area (TPSA) is 51.0 Å². The maximum absolute atomic E-state index is 14.4. The molecular formula is C27H30Cl2N4OS. The summed E-state index contributed by atoms with van der Waals surface area (Å²) >= 11 is 7.80. The van der Waals surface area contributed by atoms with Crippen LogP contribution in [0.15, 0.2) is 61.2 Å². The first kappa shape index (κ1) is 25.7. The Labute approximate surface area is 221 Å². The van der Waals surface area contributed by atoms with Crippen molar-refractivity contribution in [3.05, 3.63) is 77.3 Å². The van der Waals surface area contributed by atoms with E-state index in [9.17, 15) is 4.79 Å². The van der Waals surface area contributed by atoms with Crippen molar-refractivity contribution in [2.45, 2.75) is 57.4 Å². The number of carbonyl (C=O) groups excluding carboxylic acids is 1. The van der Waals surface area contributed by atoms with Crippen molar-refractivity contribution in [2.75, 3.05) is 11.4 Å². The van der Waals surface area contributed by atoms with E-state index in [1.165, 1.54) is 5.56 Å². The summed E-state index contributed by atoms with van der Waals surface area (Å²) in [5.74, 6) is 0.160. The molecule has 1 aliphatic rings. The Kier molecular flexibility index (Phi) is 8.15. The van der Waals surface area contributed by atoms with Crippen molar-refractivity contribution in [1.29, 1.82) is 0 Å². The summed E-state index contributed by atoms with van der Waals surface area (Å²) in [7, 11) is 0. The molecule has 2 aromatic carbocycles. The molecule has 0 N–H and O–H groups in total. The van der Waals surface area contributed by atoms with Gasteiger partial charge in [-0.05, 0) is 61.1 Å². The number of amides is 1. The summed E-state index contributed by atoms with van der Waals surface area (Å²) in [6.07, 6.45) is 11.2. The number of imidazole rings is 1. The highest BCUT2D eigenvalue weighted by Crippen LogP contribution is 2.44. The molecule has 0 atom stereocenters. The molecule has 5 rings (SSSR count). The number of hydrogen-bond acceptors (Lipinski definition) is 4. The van der Waals surface area contributed by atoms with Gasteiger partial charge < -0.3 is 4.57 Å². The number of anilines is 1. The first-order valence-electron chi connectivity index (χ1n) is 12.0. The Morgan fingerprint density at radius 1 is 1.17 bits per heavy atom. The molecule has 0 radical (unpaired) electrons. The van der Waals surface area contributed by atoms with Crippen LogP contribution in [-0.4, -0.2) is 27.0 Å². The van der Waals surface area contributed by atoms with Crippen molar-refractivity contribution in [3.8, 4) is 0 Å². The van der Waals surface area contributed by atoms with Crippen molar-refractivity contribution in [3.63, 3.8) is 0 Å². The van der Waals surface area contributed by atoms with Crippen LogP contribution in [0.25, 0.3) is 10.2 Å². The van der Waals surface area contributed by atoms with Crippen LogP contribution in [0.3, 0.4) is 0 Å². The summed E-state index contributed by atoms with van der Waals surface area (Å²) in [6.45, 7) is 3.58. The number of benzene rings is 2. The molecule has 0 bridgehead atoms. The largest absolute Gasteiger partial charge is 0.337 e. The molecule has 0 spiro atoms. The minimum atomic E-state index is -0.522. The predicted molar refractivity (Wildman–Crippen MR) is 147 cm³/mol. The molecule has 8 heteroatoms. The van der Waals surface area contributed by atoms with Gasteiger partial charge in [-0.25, -0.2) is 9.97 Å². The molecule has 0 unspecified atom stereocenters. The number of aromatic nitrogens is 3. The Balaban J connectivity index is 0.00000289. The van der Waals surface area contributed by atoms with Crippen LogP contribution in [0.1, 0.15) is 50.2 Å². The third-order valence-electron chi connectivity index (χ3n) is 6.95. The smallest absolute Gasteiger partial charge is 0.239 e. The molecule has 1 amide bonds. The number of carbonyl (C=O) groups is 1. The van der Waals surface area contributed by atoms with Gasteiger partial charge in [0.15, 0.2) is 5.13 Å².